The number of hydrogen-bond donors (Lipinski definition) is 2. The number of ether oxygens (including phenoxy) is 5. The van der Waals surface area contributed by atoms with Crippen LogP contribution in [0.3, 0.4) is 0 Å². The normalized spacial score (nSPS) is 16.4. The van der Waals surface area contributed by atoms with E-state index in [1.165, 1.54) is 0 Å². The van der Waals surface area contributed by atoms with E-state index in [2.05, 4.69) is 17.6 Å². The first kappa shape index (κ1) is 34.1. The highest BCUT2D eigenvalue weighted by molar-refractivity contribution is 6.25. The monoisotopic (exact) mass is 605 g/mol. The molecule has 0 saturated carbocycles. The Balaban J connectivity index is 1.18. The van der Waals surface area contributed by atoms with Crippen molar-refractivity contribution in [2.45, 2.75) is 57.9 Å². The number of imide groups is 2. The van der Waals surface area contributed by atoms with Crippen molar-refractivity contribution in [3.63, 3.8) is 0 Å². The zero-order valence-electron chi connectivity index (χ0n) is 24.9. The van der Waals surface area contributed by atoms with Crippen LogP contribution in [0.25, 0.3) is 0 Å². The van der Waals surface area contributed by atoms with Gasteiger partial charge < -0.3 is 29.0 Å². The Morgan fingerprint density at radius 1 is 0.860 bits per heavy atom. The Morgan fingerprint density at radius 2 is 1.51 bits per heavy atom. The minimum atomic E-state index is -1.01. The largest absolute Gasteiger partial charge is 0.463 e. The SMILES string of the molecule is CCCCCCC(=O)OCCOCCOCCOCCOCCNc1cccc2c1C(=O)N(C1CCC(=O)NC1=O)C2=O. The summed E-state index contributed by atoms with van der Waals surface area (Å²) in [5, 5.41) is 5.31. The lowest BCUT2D eigenvalue weighted by Gasteiger charge is -2.27. The summed E-state index contributed by atoms with van der Waals surface area (Å²) in [6.45, 7) is 5.85. The van der Waals surface area contributed by atoms with Gasteiger partial charge in [0.15, 0.2) is 0 Å². The average Bonchev–Trinajstić information content (AvgIpc) is 3.25. The molecule has 0 aromatic heterocycles. The molecule has 1 fully saturated rings. The minimum absolute atomic E-state index is 0.0679. The number of piperidine rings is 1. The number of anilines is 1. The Kier molecular flexibility index (Phi) is 15.1. The molecule has 1 unspecified atom stereocenters. The third-order valence-corrected chi connectivity index (χ3v) is 6.87. The van der Waals surface area contributed by atoms with E-state index in [4.69, 9.17) is 23.7 Å². The van der Waals surface area contributed by atoms with Crippen LogP contribution in [-0.4, -0.2) is 107 Å². The molecule has 13 heteroatoms. The summed E-state index contributed by atoms with van der Waals surface area (Å²) in [6, 6.07) is 3.90. The van der Waals surface area contributed by atoms with Gasteiger partial charge in [-0.15, -0.1) is 0 Å². The van der Waals surface area contributed by atoms with Crippen LogP contribution in [0, 0.1) is 0 Å². The maximum absolute atomic E-state index is 13.1. The number of esters is 1. The predicted octanol–water partition coefficient (Wildman–Crippen LogP) is 2.08. The van der Waals surface area contributed by atoms with Crippen molar-refractivity contribution < 1.29 is 47.7 Å². The first-order valence-electron chi connectivity index (χ1n) is 15.0. The maximum Gasteiger partial charge on any atom is 0.305 e. The highest BCUT2D eigenvalue weighted by Crippen LogP contribution is 2.32. The van der Waals surface area contributed by atoms with Gasteiger partial charge in [0, 0.05) is 25.1 Å². The van der Waals surface area contributed by atoms with Crippen molar-refractivity contribution in [2.75, 3.05) is 71.3 Å². The summed E-state index contributed by atoms with van der Waals surface area (Å²) < 4.78 is 27.0. The van der Waals surface area contributed by atoms with Gasteiger partial charge in [-0.2, -0.15) is 0 Å². The average molecular weight is 606 g/mol. The number of carbonyl (C=O) groups excluding carboxylic acids is 5. The molecular formula is C30H43N3O10. The number of nitrogens with zero attached hydrogens (tertiary/aromatic N) is 1. The molecule has 1 aromatic carbocycles. The first-order chi connectivity index (χ1) is 20.9. The standard InChI is InChI=1S/C30H43N3O10/c1-2-3-4-5-9-26(35)43-21-20-42-19-18-41-17-16-40-15-14-39-13-12-31-23-8-6-7-22-27(23)30(38)33(29(22)37)24-10-11-25(34)32-28(24)36/h6-8,24,31H,2-5,9-21H2,1H3,(H,32,34,36). The van der Waals surface area contributed by atoms with Crippen molar-refractivity contribution in [2.24, 2.45) is 0 Å². The Morgan fingerprint density at radius 3 is 2.16 bits per heavy atom. The number of fused-ring (bicyclic) bond motifs is 1. The van der Waals surface area contributed by atoms with Gasteiger partial charge in [0.1, 0.15) is 12.6 Å². The lowest BCUT2D eigenvalue weighted by atomic mass is 10.0. The van der Waals surface area contributed by atoms with Gasteiger partial charge >= 0.3 is 5.97 Å². The molecule has 0 bridgehead atoms. The summed E-state index contributed by atoms with van der Waals surface area (Å²) in [5.74, 6) is -2.34. The number of amides is 4. The van der Waals surface area contributed by atoms with E-state index in [1.54, 1.807) is 18.2 Å². The van der Waals surface area contributed by atoms with Crippen LogP contribution in [-0.2, 0) is 38.1 Å². The number of hydrogen-bond acceptors (Lipinski definition) is 11. The second-order valence-corrected chi connectivity index (χ2v) is 10.1. The molecule has 0 spiro atoms. The molecule has 2 aliphatic rings. The van der Waals surface area contributed by atoms with Crippen molar-refractivity contribution in [1.82, 2.24) is 10.2 Å². The predicted molar refractivity (Wildman–Crippen MR) is 155 cm³/mol. The van der Waals surface area contributed by atoms with Gasteiger partial charge in [-0.05, 0) is 25.0 Å². The number of unbranched alkanes of at least 4 members (excludes halogenated alkanes) is 3. The quantitative estimate of drug-likeness (QED) is 0.113. The maximum atomic E-state index is 13.1. The van der Waals surface area contributed by atoms with E-state index in [0.717, 1.165) is 30.6 Å². The third kappa shape index (κ3) is 11.0. The molecule has 238 valence electrons. The number of carbonyl (C=O) groups is 5. The third-order valence-electron chi connectivity index (χ3n) is 6.87. The topological polar surface area (TPSA) is 159 Å². The van der Waals surface area contributed by atoms with Crippen LogP contribution in [0.4, 0.5) is 5.69 Å². The van der Waals surface area contributed by atoms with Crippen molar-refractivity contribution in [1.29, 1.82) is 0 Å². The van der Waals surface area contributed by atoms with Gasteiger partial charge in [0.2, 0.25) is 11.8 Å². The molecule has 1 aromatic rings. The lowest BCUT2D eigenvalue weighted by molar-refractivity contribution is -0.145. The van der Waals surface area contributed by atoms with E-state index in [0.29, 0.717) is 71.5 Å². The molecule has 4 amide bonds. The summed E-state index contributed by atoms with van der Waals surface area (Å²) in [7, 11) is 0. The molecule has 0 aliphatic carbocycles. The Bertz CT molecular complexity index is 1100. The molecule has 43 heavy (non-hydrogen) atoms. The van der Waals surface area contributed by atoms with Crippen LogP contribution >= 0.6 is 0 Å². The fourth-order valence-corrected chi connectivity index (χ4v) is 4.66. The fourth-order valence-electron chi connectivity index (χ4n) is 4.66. The second kappa shape index (κ2) is 19.0. The van der Waals surface area contributed by atoms with E-state index in [9.17, 15) is 24.0 Å². The zero-order chi connectivity index (χ0) is 30.9. The molecule has 2 heterocycles. The summed E-state index contributed by atoms with van der Waals surface area (Å²) >= 11 is 0. The fraction of sp³-hybridized carbons (Fsp3) is 0.633. The molecule has 2 N–H and O–H groups in total. The number of nitrogens with one attached hydrogen (secondary N) is 2. The smallest absolute Gasteiger partial charge is 0.305 e. The lowest BCUT2D eigenvalue weighted by Crippen LogP contribution is -2.54. The van der Waals surface area contributed by atoms with E-state index in [-0.39, 0.29) is 36.5 Å². The Labute approximate surface area is 251 Å². The van der Waals surface area contributed by atoms with Crippen molar-refractivity contribution in [3.8, 4) is 0 Å². The van der Waals surface area contributed by atoms with Gasteiger partial charge in [0.25, 0.3) is 11.8 Å². The number of rotatable bonds is 22. The van der Waals surface area contributed by atoms with Gasteiger partial charge in [-0.3, -0.25) is 34.2 Å². The van der Waals surface area contributed by atoms with Gasteiger partial charge in [-0.25, -0.2) is 0 Å². The summed E-state index contributed by atoms with van der Waals surface area (Å²) in [5.41, 5.74) is 0.907. The van der Waals surface area contributed by atoms with Crippen LogP contribution in [0.5, 0.6) is 0 Å². The molecule has 1 saturated heterocycles. The van der Waals surface area contributed by atoms with E-state index >= 15 is 0 Å². The molecule has 3 rings (SSSR count). The molecular weight excluding hydrogens is 562 g/mol. The van der Waals surface area contributed by atoms with E-state index in [1.807, 2.05) is 0 Å². The molecule has 2 aliphatic heterocycles. The minimum Gasteiger partial charge on any atom is -0.463 e. The van der Waals surface area contributed by atoms with Crippen LogP contribution in [0.2, 0.25) is 0 Å². The van der Waals surface area contributed by atoms with Gasteiger partial charge in [0.05, 0.1) is 64.0 Å². The van der Waals surface area contributed by atoms with Crippen LogP contribution < -0.4 is 10.6 Å². The first-order valence-corrected chi connectivity index (χ1v) is 15.0. The molecule has 13 nitrogen and oxygen atoms in total. The van der Waals surface area contributed by atoms with Crippen LogP contribution in [0.15, 0.2) is 18.2 Å². The molecule has 1 atom stereocenters. The molecule has 0 radical (unpaired) electrons. The second-order valence-electron chi connectivity index (χ2n) is 10.1. The zero-order valence-corrected chi connectivity index (χ0v) is 24.9. The number of benzene rings is 1. The summed E-state index contributed by atoms with van der Waals surface area (Å²) in [4.78, 5) is 62.2. The van der Waals surface area contributed by atoms with Crippen molar-refractivity contribution >= 4 is 35.3 Å². The van der Waals surface area contributed by atoms with Crippen molar-refractivity contribution in [3.05, 3.63) is 29.3 Å². The van der Waals surface area contributed by atoms with E-state index < -0.39 is 29.7 Å². The highest BCUT2D eigenvalue weighted by Gasteiger charge is 2.45. The van der Waals surface area contributed by atoms with Crippen LogP contribution in [0.1, 0.15) is 72.6 Å². The Hall–Kier alpha value is -3.39. The van der Waals surface area contributed by atoms with Gasteiger partial charge in [-0.1, -0.05) is 32.3 Å². The highest BCUT2D eigenvalue weighted by atomic mass is 16.6. The summed E-state index contributed by atoms with van der Waals surface area (Å²) in [6.07, 6.45) is 4.82.